The van der Waals surface area contributed by atoms with Crippen LogP contribution in [0.2, 0.25) is 5.02 Å². The van der Waals surface area contributed by atoms with Crippen LogP contribution < -0.4 is 11.3 Å². The van der Waals surface area contributed by atoms with E-state index in [0.29, 0.717) is 10.4 Å². The molecule has 0 unspecified atom stereocenters. The normalized spacial score (nSPS) is 11.8. The lowest BCUT2D eigenvalue weighted by Gasteiger charge is -2.13. The van der Waals surface area contributed by atoms with Crippen LogP contribution in [0.1, 0.15) is 16.1 Å². The molecule has 0 saturated heterocycles. The summed E-state index contributed by atoms with van der Waals surface area (Å²) in [6.07, 6.45) is 0.671. The number of primary amides is 1. The molecule has 0 spiro atoms. The fourth-order valence-corrected chi connectivity index (χ4v) is 4.02. The molecule has 1 amide bonds. The third-order valence-corrected chi connectivity index (χ3v) is 5.50. The van der Waals surface area contributed by atoms with Crippen LogP contribution in [0, 0.1) is 0 Å². The van der Waals surface area contributed by atoms with Gasteiger partial charge in [-0.15, -0.1) is 0 Å². The molecule has 0 fully saturated rings. The number of pyridine rings is 1. The smallest absolute Gasteiger partial charge is 0.365 e. The Kier molecular flexibility index (Phi) is 5.17. The summed E-state index contributed by atoms with van der Waals surface area (Å²) in [6.45, 7) is 0. The SMILES string of the molecule is NC(=O)c1c(-c2ccc(-n3cccn3)c(Cl)c2)nn(-c2cccn3c(=O)ccnc23)c1C(F)(F)F. The number of halogens is 4. The fourth-order valence-electron chi connectivity index (χ4n) is 3.75. The van der Waals surface area contributed by atoms with E-state index in [1.54, 1.807) is 12.3 Å². The van der Waals surface area contributed by atoms with Crippen LogP contribution in [0.4, 0.5) is 13.2 Å². The molecule has 0 saturated carbocycles. The Morgan fingerprint density at radius 2 is 1.83 bits per heavy atom. The van der Waals surface area contributed by atoms with Crippen LogP contribution in [0.15, 0.2) is 72.0 Å². The predicted octanol–water partition coefficient (Wildman–Crippen LogP) is 3.50. The number of carbonyl (C=O) groups is 1. The van der Waals surface area contributed by atoms with Crippen molar-refractivity contribution in [3.63, 3.8) is 0 Å². The van der Waals surface area contributed by atoms with Gasteiger partial charge < -0.3 is 5.73 Å². The van der Waals surface area contributed by atoms with E-state index in [1.807, 2.05) is 0 Å². The fraction of sp³-hybridized carbons (Fsp3) is 0.0455. The highest BCUT2D eigenvalue weighted by Gasteiger charge is 2.43. The molecule has 0 radical (unpaired) electrons. The minimum Gasteiger partial charge on any atom is -0.365 e. The number of benzene rings is 1. The summed E-state index contributed by atoms with van der Waals surface area (Å²) in [6, 6.07) is 9.85. The Balaban J connectivity index is 1.81. The van der Waals surface area contributed by atoms with E-state index in [9.17, 15) is 22.8 Å². The van der Waals surface area contributed by atoms with Gasteiger partial charge in [0.25, 0.3) is 11.5 Å². The molecule has 13 heteroatoms. The molecule has 0 aliphatic rings. The van der Waals surface area contributed by atoms with E-state index in [4.69, 9.17) is 17.3 Å². The number of nitrogens with two attached hydrogens (primary N) is 1. The second-order valence-electron chi connectivity index (χ2n) is 7.33. The topological polar surface area (TPSA) is 113 Å². The Bertz CT molecular complexity index is 1660. The molecule has 0 aliphatic carbocycles. The van der Waals surface area contributed by atoms with Crippen molar-refractivity contribution < 1.29 is 18.0 Å². The highest BCUT2D eigenvalue weighted by molar-refractivity contribution is 6.32. The lowest BCUT2D eigenvalue weighted by Crippen LogP contribution is -2.22. The maximum atomic E-state index is 14.3. The van der Waals surface area contributed by atoms with Gasteiger partial charge in [0.05, 0.1) is 16.3 Å². The van der Waals surface area contributed by atoms with Gasteiger partial charge in [-0.05, 0) is 30.3 Å². The average molecular weight is 500 g/mol. The molecule has 1 aromatic carbocycles. The summed E-state index contributed by atoms with van der Waals surface area (Å²) in [4.78, 5) is 28.5. The Hall–Kier alpha value is -4.45. The molecule has 0 aliphatic heterocycles. The Morgan fingerprint density at radius 3 is 2.49 bits per heavy atom. The van der Waals surface area contributed by atoms with Crippen molar-refractivity contribution in [3.8, 4) is 22.6 Å². The Morgan fingerprint density at radius 1 is 1.03 bits per heavy atom. The summed E-state index contributed by atoms with van der Waals surface area (Å²) in [7, 11) is 0. The zero-order valence-electron chi connectivity index (χ0n) is 17.4. The summed E-state index contributed by atoms with van der Waals surface area (Å²) in [5.74, 6) is -1.34. The molecular formula is C22H13ClF3N7O2. The van der Waals surface area contributed by atoms with E-state index in [2.05, 4.69) is 15.2 Å². The number of hydrogen-bond donors (Lipinski definition) is 1. The van der Waals surface area contributed by atoms with Crippen LogP contribution in [-0.4, -0.2) is 34.9 Å². The number of aromatic nitrogens is 6. The van der Waals surface area contributed by atoms with Crippen LogP contribution >= 0.6 is 11.6 Å². The summed E-state index contributed by atoms with van der Waals surface area (Å²) >= 11 is 6.37. The first-order valence-corrected chi connectivity index (χ1v) is 10.3. The number of carbonyl (C=O) groups excluding carboxylic acids is 1. The van der Waals surface area contributed by atoms with Gasteiger partial charge in [0.15, 0.2) is 11.3 Å². The molecule has 2 N–H and O–H groups in total. The first-order chi connectivity index (χ1) is 16.7. The predicted molar refractivity (Wildman–Crippen MR) is 120 cm³/mol. The van der Waals surface area contributed by atoms with Gasteiger partial charge in [0.1, 0.15) is 11.4 Å². The average Bonchev–Trinajstić information content (AvgIpc) is 3.47. The zero-order chi connectivity index (χ0) is 24.9. The van der Waals surface area contributed by atoms with Crippen LogP contribution in [0.5, 0.6) is 0 Å². The van der Waals surface area contributed by atoms with Crippen molar-refractivity contribution >= 4 is 23.2 Å². The van der Waals surface area contributed by atoms with E-state index in [-0.39, 0.29) is 27.6 Å². The summed E-state index contributed by atoms with van der Waals surface area (Å²) < 4.78 is 46.0. The van der Waals surface area contributed by atoms with E-state index < -0.39 is 28.9 Å². The van der Waals surface area contributed by atoms with Crippen molar-refractivity contribution in [2.45, 2.75) is 6.18 Å². The van der Waals surface area contributed by atoms with E-state index in [0.717, 1.165) is 10.5 Å². The first kappa shape index (κ1) is 22.3. The number of fused-ring (bicyclic) bond motifs is 1. The van der Waals surface area contributed by atoms with E-state index in [1.165, 1.54) is 53.6 Å². The third-order valence-electron chi connectivity index (χ3n) is 5.20. The maximum absolute atomic E-state index is 14.3. The van der Waals surface area contributed by atoms with Gasteiger partial charge in [-0.3, -0.25) is 14.0 Å². The van der Waals surface area contributed by atoms with Crippen molar-refractivity contribution in [1.82, 2.24) is 28.9 Å². The third kappa shape index (κ3) is 3.73. The highest BCUT2D eigenvalue weighted by Crippen LogP contribution is 2.39. The molecule has 4 aromatic heterocycles. The number of amides is 1. The zero-order valence-corrected chi connectivity index (χ0v) is 18.2. The second-order valence-corrected chi connectivity index (χ2v) is 7.74. The van der Waals surface area contributed by atoms with Crippen molar-refractivity contribution in [3.05, 3.63) is 93.9 Å². The van der Waals surface area contributed by atoms with Crippen molar-refractivity contribution in [2.75, 3.05) is 0 Å². The minimum absolute atomic E-state index is 0.0948. The molecule has 176 valence electrons. The van der Waals surface area contributed by atoms with Crippen LogP contribution in [0.25, 0.3) is 28.3 Å². The van der Waals surface area contributed by atoms with Crippen LogP contribution in [-0.2, 0) is 6.18 Å². The maximum Gasteiger partial charge on any atom is 0.434 e. The van der Waals surface area contributed by atoms with Gasteiger partial charge in [-0.2, -0.15) is 23.4 Å². The van der Waals surface area contributed by atoms with Gasteiger partial charge >= 0.3 is 6.18 Å². The number of nitrogens with zero attached hydrogens (tertiary/aromatic N) is 6. The lowest BCUT2D eigenvalue weighted by atomic mass is 10.0. The molecular weight excluding hydrogens is 487 g/mol. The van der Waals surface area contributed by atoms with Crippen LogP contribution in [0.3, 0.4) is 0 Å². The summed E-state index contributed by atoms with van der Waals surface area (Å²) in [5.41, 5.74) is 2.64. The first-order valence-electron chi connectivity index (χ1n) is 9.93. The number of alkyl halides is 3. The molecule has 9 nitrogen and oxygen atoms in total. The Labute approximate surface area is 198 Å². The largest absolute Gasteiger partial charge is 0.434 e. The standard InChI is InChI=1S/C22H13ClF3N7O2/c23-13-11-12(4-5-14(13)32-10-2-7-29-32)18-17(20(27)35)19(22(24,25)26)33(30-18)15-3-1-9-31-16(34)6-8-28-21(15)31/h1-11H,(H2,27,35). The molecule has 5 aromatic rings. The summed E-state index contributed by atoms with van der Waals surface area (Å²) in [5, 5.41) is 8.34. The molecule has 0 bridgehead atoms. The van der Waals surface area contributed by atoms with Gasteiger partial charge in [-0.1, -0.05) is 17.7 Å². The van der Waals surface area contributed by atoms with E-state index >= 15 is 0 Å². The molecule has 4 heterocycles. The highest BCUT2D eigenvalue weighted by atomic mass is 35.5. The molecule has 5 rings (SSSR count). The monoisotopic (exact) mass is 499 g/mol. The minimum atomic E-state index is -5.03. The number of rotatable bonds is 4. The van der Waals surface area contributed by atoms with Crippen molar-refractivity contribution in [1.29, 1.82) is 0 Å². The van der Waals surface area contributed by atoms with Gasteiger partial charge in [0.2, 0.25) is 0 Å². The van der Waals surface area contributed by atoms with Gasteiger partial charge in [-0.25, -0.2) is 14.3 Å². The number of hydrogen-bond acceptors (Lipinski definition) is 5. The quantitative estimate of drug-likeness (QED) is 0.406. The van der Waals surface area contributed by atoms with Gasteiger partial charge in [0, 0.05) is 36.4 Å². The second kappa shape index (κ2) is 8.09. The molecule has 35 heavy (non-hydrogen) atoms. The molecule has 0 atom stereocenters. The lowest BCUT2D eigenvalue weighted by molar-refractivity contribution is -0.143. The van der Waals surface area contributed by atoms with Crippen molar-refractivity contribution in [2.24, 2.45) is 5.73 Å².